The predicted octanol–water partition coefficient (Wildman–Crippen LogP) is 2.19. The van der Waals surface area contributed by atoms with Gasteiger partial charge in [-0.2, -0.15) is 8.78 Å². The van der Waals surface area contributed by atoms with Crippen LogP contribution in [0, 0.1) is 0 Å². The minimum atomic E-state index is -2.64. The van der Waals surface area contributed by atoms with E-state index in [2.05, 4.69) is 15.3 Å². The number of amides is 1. The maximum Gasteiger partial charge on any atom is 0.319 e. The molecule has 0 fully saturated rings. The number of thiazole rings is 1. The number of likely N-dealkylation sites (N-methyl/N-ethyl adjacent to an activating group) is 1. The lowest BCUT2D eigenvalue weighted by molar-refractivity contribution is -0.120. The number of nitrogens with one attached hydrogen (secondary N) is 1. The summed E-state index contributed by atoms with van der Waals surface area (Å²) >= 11 is 1.31. The van der Waals surface area contributed by atoms with Crippen LogP contribution in [0.15, 0.2) is 24.0 Å². The van der Waals surface area contributed by atoms with Crippen LogP contribution in [-0.4, -0.2) is 38.4 Å². The van der Waals surface area contributed by atoms with Gasteiger partial charge in [-0.05, 0) is 14.0 Å². The first kappa shape index (κ1) is 15.5. The molecule has 0 aromatic carbocycles. The van der Waals surface area contributed by atoms with Crippen molar-refractivity contribution in [3.63, 3.8) is 0 Å². The predicted molar refractivity (Wildman–Crippen MR) is 75.2 cm³/mol. The number of alkyl halides is 2. The number of aromatic nitrogens is 3. The molecule has 6 nitrogen and oxygen atoms in total. The Morgan fingerprint density at radius 1 is 1.48 bits per heavy atom. The van der Waals surface area contributed by atoms with Crippen LogP contribution in [-0.2, 0) is 11.3 Å². The van der Waals surface area contributed by atoms with Crippen LogP contribution in [0.4, 0.5) is 13.9 Å². The Balaban J connectivity index is 1.97. The highest BCUT2D eigenvalue weighted by atomic mass is 32.1. The van der Waals surface area contributed by atoms with E-state index < -0.39 is 12.6 Å². The largest absolute Gasteiger partial charge is 0.319 e. The SMILES string of the molecule is CC(C(=O)Nc1nccs1)N(C)Cc1nccn1C(F)F. The van der Waals surface area contributed by atoms with Gasteiger partial charge in [0.05, 0.1) is 12.6 Å². The first-order chi connectivity index (χ1) is 9.99. The summed E-state index contributed by atoms with van der Waals surface area (Å²) in [6.45, 7) is -0.807. The highest BCUT2D eigenvalue weighted by molar-refractivity contribution is 7.13. The number of nitrogens with zero attached hydrogens (tertiary/aromatic N) is 4. The molecule has 2 aromatic rings. The maximum absolute atomic E-state index is 12.7. The zero-order valence-electron chi connectivity index (χ0n) is 11.5. The van der Waals surface area contributed by atoms with Crippen LogP contribution in [0.5, 0.6) is 0 Å². The number of carbonyl (C=O) groups excluding carboxylic acids is 1. The van der Waals surface area contributed by atoms with Crippen molar-refractivity contribution < 1.29 is 13.6 Å². The van der Waals surface area contributed by atoms with Gasteiger partial charge in [0.1, 0.15) is 5.82 Å². The average Bonchev–Trinajstić information content (AvgIpc) is 3.08. The van der Waals surface area contributed by atoms with Gasteiger partial charge < -0.3 is 5.32 Å². The van der Waals surface area contributed by atoms with Crippen molar-refractivity contribution in [1.29, 1.82) is 0 Å². The lowest BCUT2D eigenvalue weighted by atomic mass is 10.3. The van der Waals surface area contributed by atoms with Gasteiger partial charge in [0.2, 0.25) is 5.91 Å². The summed E-state index contributed by atoms with van der Waals surface area (Å²) in [6.07, 6.45) is 4.12. The maximum atomic E-state index is 12.7. The minimum absolute atomic E-state index is 0.143. The molecule has 0 saturated heterocycles. The van der Waals surface area contributed by atoms with Crippen LogP contribution in [0.25, 0.3) is 0 Å². The molecule has 0 aliphatic carbocycles. The molecule has 1 N–H and O–H groups in total. The molecular weight excluding hydrogens is 300 g/mol. The second-order valence-electron chi connectivity index (χ2n) is 4.45. The summed E-state index contributed by atoms with van der Waals surface area (Å²) in [6, 6.07) is -0.503. The van der Waals surface area contributed by atoms with E-state index in [1.165, 1.54) is 23.7 Å². The number of carbonyl (C=O) groups is 1. The number of halogens is 2. The number of imidazole rings is 1. The van der Waals surface area contributed by atoms with Gasteiger partial charge in [-0.3, -0.25) is 14.3 Å². The smallest absolute Gasteiger partial charge is 0.301 e. The normalized spacial score (nSPS) is 12.9. The van der Waals surface area contributed by atoms with E-state index in [9.17, 15) is 13.6 Å². The van der Waals surface area contributed by atoms with Crippen LogP contribution in [0.2, 0.25) is 0 Å². The van der Waals surface area contributed by atoms with Gasteiger partial charge in [0.25, 0.3) is 0 Å². The number of hydrogen-bond acceptors (Lipinski definition) is 5. The molecular formula is C12H15F2N5OS. The second kappa shape index (κ2) is 6.72. The Kier molecular flexibility index (Phi) is 4.97. The number of hydrogen-bond donors (Lipinski definition) is 1. The Morgan fingerprint density at radius 2 is 2.24 bits per heavy atom. The highest BCUT2D eigenvalue weighted by Crippen LogP contribution is 2.15. The molecule has 1 unspecified atom stereocenters. The van der Waals surface area contributed by atoms with Gasteiger partial charge in [-0.1, -0.05) is 0 Å². The molecule has 1 atom stereocenters. The Morgan fingerprint density at radius 3 is 2.86 bits per heavy atom. The summed E-state index contributed by atoms with van der Waals surface area (Å²) in [7, 11) is 1.68. The zero-order valence-corrected chi connectivity index (χ0v) is 12.3. The van der Waals surface area contributed by atoms with Crippen LogP contribution in [0.1, 0.15) is 19.3 Å². The monoisotopic (exact) mass is 315 g/mol. The van der Waals surface area contributed by atoms with E-state index >= 15 is 0 Å². The molecule has 0 radical (unpaired) electrons. The lowest BCUT2D eigenvalue weighted by Gasteiger charge is -2.23. The van der Waals surface area contributed by atoms with Crippen molar-refractivity contribution in [2.75, 3.05) is 12.4 Å². The first-order valence-electron chi connectivity index (χ1n) is 6.19. The number of anilines is 1. The van der Waals surface area contributed by atoms with E-state index in [0.717, 1.165) is 4.57 Å². The molecule has 21 heavy (non-hydrogen) atoms. The molecule has 0 spiro atoms. The third-order valence-corrected chi connectivity index (χ3v) is 3.74. The van der Waals surface area contributed by atoms with E-state index in [-0.39, 0.29) is 18.3 Å². The van der Waals surface area contributed by atoms with E-state index in [0.29, 0.717) is 5.13 Å². The molecule has 2 rings (SSSR count). The minimum Gasteiger partial charge on any atom is -0.301 e. The van der Waals surface area contributed by atoms with Gasteiger partial charge >= 0.3 is 6.55 Å². The lowest BCUT2D eigenvalue weighted by Crippen LogP contribution is -2.39. The molecule has 2 aromatic heterocycles. The Hall–Kier alpha value is -1.87. The fraction of sp³-hybridized carbons (Fsp3) is 0.417. The van der Waals surface area contributed by atoms with Gasteiger partial charge in [0.15, 0.2) is 5.13 Å². The summed E-state index contributed by atoms with van der Waals surface area (Å²) in [4.78, 5) is 21.5. The molecule has 2 heterocycles. The quantitative estimate of drug-likeness (QED) is 0.887. The summed E-state index contributed by atoms with van der Waals surface area (Å²) < 4.78 is 26.3. The Labute approximate surface area is 124 Å². The van der Waals surface area contributed by atoms with Crippen LogP contribution in [0.3, 0.4) is 0 Å². The van der Waals surface area contributed by atoms with Crippen molar-refractivity contribution in [1.82, 2.24) is 19.4 Å². The molecule has 114 valence electrons. The fourth-order valence-corrected chi connectivity index (χ4v) is 2.23. The average molecular weight is 315 g/mol. The topological polar surface area (TPSA) is 63.1 Å². The van der Waals surface area contributed by atoms with Crippen LogP contribution >= 0.6 is 11.3 Å². The van der Waals surface area contributed by atoms with Crippen LogP contribution < -0.4 is 5.32 Å². The highest BCUT2D eigenvalue weighted by Gasteiger charge is 2.21. The molecule has 0 aliphatic rings. The standard InChI is InChI=1S/C12H15F2N5OS/c1-8(10(20)17-12-16-4-6-21-12)18(2)7-9-15-3-5-19(9)11(13)14/h3-6,8,11H,7H2,1-2H3,(H,16,17,20). The van der Waals surface area contributed by atoms with Crippen molar-refractivity contribution in [2.45, 2.75) is 26.1 Å². The number of rotatable bonds is 6. The summed E-state index contributed by atoms with van der Waals surface area (Å²) in [5.41, 5.74) is 0. The summed E-state index contributed by atoms with van der Waals surface area (Å²) in [5.74, 6) is -0.0380. The van der Waals surface area contributed by atoms with E-state index in [4.69, 9.17) is 0 Å². The molecule has 1 amide bonds. The third kappa shape index (κ3) is 3.82. The van der Waals surface area contributed by atoms with Gasteiger partial charge in [0, 0.05) is 24.0 Å². The molecule has 0 saturated carbocycles. The fourth-order valence-electron chi connectivity index (χ4n) is 1.70. The first-order valence-corrected chi connectivity index (χ1v) is 7.07. The molecule has 0 aliphatic heterocycles. The van der Waals surface area contributed by atoms with Crippen molar-refractivity contribution in [3.8, 4) is 0 Å². The van der Waals surface area contributed by atoms with Crippen molar-refractivity contribution >= 4 is 22.4 Å². The molecule has 0 bridgehead atoms. The Bertz CT molecular complexity index is 586. The van der Waals surface area contributed by atoms with E-state index in [1.54, 1.807) is 30.4 Å². The van der Waals surface area contributed by atoms with Crippen molar-refractivity contribution in [3.05, 3.63) is 29.8 Å². The van der Waals surface area contributed by atoms with Crippen molar-refractivity contribution in [2.24, 2.45) is 0 Å². The zero-order chi connectivity index (χ0) is 15.4. The van der Waals surface area contributed by atoms with Gasteiger partial charge in [-0.15, -0.1) is 11.3 Å². The third-order valence-electron chi connectivity index (χ3n) is 3.05. The summed E-state index contributed by atoms with van der Waals surface area (Å²) in [5, 5.41) is 4.93. The van der Waals surface area contributed by atoms with Gasteiger partial charge in [-0.25, -0.2) is 9.97 Å². The van der Waals surface area contributed by atoms with E-state index in [1.807, 2.05) is 0 Å². The second-order valence-corrected chi connectivity index (χ2v) is 5.34. The molecule has 9 heteroatoms.